The van der Waals surface area contributed by atoms with Crippen LogP contribution >= 0.6 is 0 Å². The summed E-state index contributed by atoms with van der Waals surface area (Å²) < 4.78 is 5.20. The highest BCUT2D eigenvalue weighted by Crippen LogP contribution is 2.04. The predicted octanol–water partition coefficient (Wildman–Crippen LogP) is 0.219. The number of hydrogen-bond donors (Lipinski definition) is 1. The van der Waals surface area contributed by atoms with E-state index in [1.54, 1.807) is 14.1 Å². The third-order valence-electron chi connectivity index (χ3n) is 1.96. The van der Waals surface area contributed by atoms with E-state index in [9.17, 15) is 4.79 Å². The van der Waals surface area contributed by atoms with E-state index in [4.69, 9.17) is 10.5 Å². The molecule has 0 spiro atoms. The smallest absolute Gasteiger partial charge is 0.248 e. The standard InChI is InChI=1S/C9H20N2O2/c1-5-9(2,10)7-13-6-8(12)11(3)4/h5-7,10H2,1-4H3. The lowest BCUT2D eigenvalue weighted by Crippen LogP contribution is -2.41. The van der Waals surface area contributed by atoms with Crippen molar-refractivity contribution in [1.29, 1.82) is 0 Å². The second kappa shape index (κ2) is 5.19. The van der Waals surface area contributed by atoms with Crippen molar-refractivity contribution in [2.45, 2.75) is 25.8 Å². The maximum absolute atomic E-state index is 11.1. The van der Waals surface area contributed by atoms with Crippen LogP contribution in [0.4, 0.5) is 0 Å². The normalized spacial score (nSPS) is 15.2. The molecular weight excluding hydrogens is 168 g/mol. The lowest BCUT2D eigenvalue weighted by Gasteiger charge is -2.22. The van der Waals surface area contributed by atoms with Gasteiger partial charge in [0.25, 0.3) is 0 Å². The fourth-order valence-electron chi connectivity index (χ4n) is 0.603. The summed E-state index contributed by atoms with van der Waals surface area (Å²) in [5.41, 5.74) is 5.50. The minimum atomic E-state index is -0.327. The Labute approximate surface area is 80.0 Å². The minimum Gasteiger partial charge on any atom is -0.370 e. The van der Waals surface area contributed by atoms with Gasteiger partial charge in [-0.25, -0.2) is 0 Å². The Morgan fingerprint density at radius 1 is 1.54 bits per heavy atom. The van der Waals surface area contributed by atoms with E-state index in [1.165, 1.54) is 4.90 Å². The highest BCUT2D eigenvalue weighted by molar-refractivity contribution is 5.76. The average molecular weight is 188 g/mol. The zero-order valence-electron chi connectivity index (χ0n) is 8.96. The van der Waals surface area contributed by atoms with E-state index < -0.39 is 0 Å². The summed E-state index contributed by atoms with van der Waals surface area (Å²) in [5, 5.41) is 0. The van der Waals surface area contributed by atoms with Gasteiger partial charge in [-0.2, -0.15) is 0 Å². The minimum absolute atomic E-state index is 0.0353. The van der Waals surface area contributed by atoms with Crippen LogP contribution < -0.4 is 5.73 Å². The number of carbonyl (C=O) groups excluding carboxylic acids is 1. The van der Waals surface area contributed by atoms with E-state index >= 15 is 0 Å². The molecule has 0 fully saturated rings. The quantitative estimate of drug-likeness (QED) is 0.671. The molecule has 4 nitrogen and oxygen atoms in total. The first-order chi connectivity index (χ1) is 5.89. The van der Waals surface area contributed by atoms with Crippen molar-refractivity contribution in [1.82, 2.24) is 4.90 Å². The van der Waals surface area contributed by atoms with Crippen LogP contribution in [0.2, 0.25) is 0 Å². The third-order valence-corrected chi connectivity index (χ3v) is 1.96. The van der Waals surface area contributed by atoms with Crippen molar-refractivity contribution in [2.24, 2.45) is 5.73 Å². The molecule has 1 unspecified atom stereocenters. The van der Waals surface area contributed by atoms with E-state index in [0.29, 0.717) is 6.61 Å². The first-order valence-corrected chi connectivity index (χ1v) is 4.46. The summed E-state index contributed by atoms with van der Waals surface area (Å²) in [6.45, 7) is 4.44. The molecule has 78 valence electrons. The molecule has 0 aliphatic rings. The molecule has 0 saturated carbocycles. The van der Waals surface area contributed by atoms with Crippen LogP contribution in [-0.2, 0) is 9.53 Å². The van der Waals surface area contributed by atoms with Gasteiger partial charge in [0, 0.05) is 19.6 Å². The molecule has 2 N–H and O–H groups in total. The van der Waals surface area contributed by atoms with Crippen LogP contribution in [0.1, 0.15) is 20.3 Å². The fraction of sp³-hybridized carbons (Fsp3) is 0.889. The Morgan fingerprint density at radius 3 is 2.46 bits per heavy atom. The van der Waals surface area contributed by atoms with Gasteiger partial charge in [0.05, 0.1) is 6.61 Å². The van der Waals surface area contributed by atoms with Crippen LogP contribution in [0.15, 0.2) is 0 Å². The van der Waals surface area contributed by atoms with Crippen molar-refractivity contribution >= 4 is 5.91 Å². The first-order valence-electron chi connectivity index (χ1n) is 4.46. The first kappa shape index (κ1) is 12.4. The van der Waals surface area contributed by atoms with Gasteiger partial charge < -0.3 is 15.4 Å². The molecule has 0 rings (SSSR count). The molecule has 0 aromatic heterocycles. The summed E-state index contributed by atoms with van der Waals surface area (Å²) in [6.07, 6.45) is 0.836. The van der Waals surface area contributed by atoms with Crippen molar-refractivity contribution < 1.29 is 9.53 Å². The highest BCUT2D eigenvalue weighted by atomic mass is 16.5. The molecule has 0 saturated heterocycles. The van der Waals surface area contributed by atoms with E-state index in [-0.39, 0.29) is 18.1 Å². The Bertz CT molecular complexity index is 167. The molecule has 1 amide bonds. The number of carbonyl (C=O) groups is 1. The van der Waals surface area contributed by atoms with Gasteiger partial charge >= 0.3 is 0 Å². The van der Waals surface area contributed by atoms with E-state index in [1.807, 2.05) is 13.8 Å². The van der Waals surface area contributed by atoms with Crippen molar-refractivity contribution in [3.05, 3.63) is 0 Å². The molecule has 0 aromatic rings. The van der Waals surface area contributed by atoms with Gasteiger partial charge in [0.15, 0.2) is 0 Å². The number of nitrogens with zero attached hydrogens (tertiary/aromatic N) is 1. The number of hydrogen-bond acceptors (Lipinski definition) is 3. The summed E-state index contributed by atoms with van der Waals surface area (Å²) >= 11 is 0. The maximum Gasteiger partial charge on any atom is 0.248 e. The summed E-state index contributed by atoms with van der Waals surface area (Å²) in [5.74, 6) is -0.0353. The van der Waals surface area contributed by atoms with Crippen molar-refractivity contribution in [3.63, 3.8) is 0 Å². The van der Waals surface area contributed by atoms with Crippen molar-refractivity contribution in [3.8, 4) is 0 Å². The van der Waals surface area contributed by atoms with Crippen LogP contribution in [0.3, 0.4) is 0 Å². The maximum atomic E-state index is 11.1. The predicted molar refractivity (Wildman–Crippen MR) is 52.4 cm³/mol. The monoisotopic (exact) mass is 188 g/mol. The van der Waals surface area contributed by atoms with E-state index in [0.717, 1.165) is 6.42 Å². The number of likely N-dealkylation sites (N-methyl/N-ethyl adjacent to an activating group) is 1. The van der Waals surface area contributed by atoms with Gasteiger partial charge in [-0.1, -0.05) is 6.92 Å². The molecule has 0 bridgehead atoms. The average Bonchev–Trinajstić information content (AvgIpc) is 2.04. The van der Waals surface area contributed by atoms with Crippen LogP contribution in [0.5, 0.6) is 0 Å². The molecular formula is C9H20N2O2. The van der Waals surface area contributed by atoms with Crippen LogP contribution in [0.25, 0.3) is 0 Å². The second-order valence-corrected chi connectivity index (χ2v) is 3.79. The number of amides is 1. The Morgan fingerprint density at radius 2 is 2.08 bits per heavy atom. The second-order valence-electron chi connectivity index (χ2n) is 3.79. The van der Waals surface area contributed by atoms with Gasteiger partial charge in [0.1, 0.15) is 6.61 Å². The molecule has 0 aliphatic heterocycles. The lowest BCUT2D eigenvalue weighted by molar-refractivity contribution is -0.134. The number of rotatable bonds is 5. The zero-order chi connectivity index (χ0) is 10.5. The lowest BCUT2D eigenvalue weighted by atomic mass is 10.0. The fourth-order valence-corrected chi connectivity index (χ4v) is 0.603. The largest absolute Gasteiger partial charge is 0.370 e. The summed E-state index contributed by atoms with van der Waals surface area (Å²) in [4.78, 5) is 12.6. The number of nitrogens with two attached hydrogens (primary N) is 1. The molecule has 1 atom stereocenters. The Hall–Kier alpha value is -0.610. The number of ether oxygens (including phenoxy) is 1. The van der Waals surface area contributed by atoms with Crippen LogP contribution in [0, 0.1) is 0 Å². The highest BCUT2D eigenvalue weighted by Gasteiger charge is 2.16. The third kappa shape index (κ3) is 5.60. The summed E-state index contributed by atoms with van der Waals surface area (Å²) in [6, 6.07) is 0. The molecule has 4 heteroatoms. The topological polar surface area (TPSA) is 55.6 Å². The van der Waals surface area contributed by atoms with Gasteiger partial charge in [0.2, 0.25) is 5.91 Å². The molecule has 0 radical (unpaired) electrons. The molecule has 0 aliphatic carbocycles. The van der Waals surface area contributed by atoms with Crippen LogP contribution in [-0.4, -0.2) is 43.7 Å². The zero-order valence-corrected chi connectivity index (χ0v) is 8.96. The van der Waals surface area contributed by atoms with Gasteiger partial charge in [-0.05, 0) is 13.3 Å². The molecule has 0 aromatic carbocycles. The SMILES string of the molecule is CCC(C)(N)COCC(=O)N(C)C. The van der Waals surface area contributed by atoms with E-state index in [2.05, 4.69) is 0 Å². The summed E-state index contributed by atoms with van der Waals surface area (Å²) in [7, 11) is 3.40. The Kier molecular flexibility index (Phi) is 4.95. The van der Waals surface area contributed by atoms with Gasteiger partial charge in [-0.15, -0.1) is 0 Å². The van der Waals surface area contributed by atoms with Crippen molar-refractivity contribution in [2.75, 3.05) is 27.3 Å². The molecule has 13 heavy (non-hydrogen) atoms. The Balaban J connectivity index is 3.62. The molecule has 0 heterocycles. The van der Waals surface area contributed by atoms with Gasteiger partial charge in [-0.3, -0.25) is 4.79 Å².